The lowest BCUT2D eigenvalue weighted by Gasteiger charge is -2.11. The maximum atomic E-state index is 12.2. The van der Waals surface area contributed by atoms with Crippen molar-refractivity contribution in [2.24, 2.45) is 0 Å². The molecule has 0 saturated heterocycles. The molecule has 4 aromatic rings. The highest BCUT2D eigenvalue weighted by molar-refractivity contribution is 7.19. The van der Waals surface area contributed by atoms with Crippen LogP contribution in [0.15, 0.2) is 42.5 Å². The predicted molar refractivity (Wildman–Crippen MR) is 111 cm³/mol. The van der Waals surface area contributed by atoms with Crippen molar-refractivity contribution in [2.75, 3.05) is 19.0 Å². The smallest absolute Gasteiger partial charge is 0.262 e. The maximum absolute atomic E-state index is 12.2. The lowest BCUT2D eigenvalue weighted by atomic mass is 10.1. The second-order valence-corrected chi connectivity index (χ2v) is 7.35. The summed E-state index contributed by atoms with van der Waals surface area (Å²) in [5.41, 5.74) is 2.63. The first-order valence-corrected chi connectivity index (χ1v) is 9.72. The minimum atomic E-state index is -0.230. The molecule has 4 rings (SSSR count). The second-order valence-electron chi connectivity index (χ2n) is 6.39. The summed E-state index contributed by atoms with van der Waals surface area (Å²) in [6.45, 7) is 3.72. The molecule has 2 heterocycles. The van der Waals surface area contributed by atoms with Crippen LogP contribution in [0.3, 0.4) is 0 Å². The van der Waals surface area contributed by atoms with Gasteiger partial charge in [0.05, 0.1) is 7.11 Å². The Kier molecular flexibility index (Phi) is 5.13. The molecular formula is C20H19N5O3S. The van der Waals surface area contributed by atoms with Crippen LogP contribution in [0, 0.1) is 13.8 Å². The minimum absolute atomic E-state index is 0.0799. The van der Waals surface area contributed by atoms with E-state index in [1.165, 1.54) is 11.3 Å². The number of nitrogens with zero attached hydrogens (tertiary/aromatic N) is 4. The van der Waals surface area contributed by atoms with Gasteiger partial charge in [-0.05, 0) is 61.9 Å². The number of nitrogens with one attached hydrogen (secondary N) is 1. The molecule has 0 atom stereocenters. The number of aryl methyl sites for hydroxylation is 2. The standard InChI is InChI=1S/C20H19N5O3S/c1-12-10-14(19-24-25-13(2)22-23-20(25)29-19)4-9-17(12)21-18(26)11-28-16-7-5-15(27-3)6-8-16/h4-10H,11H2,1-3H3,(H,21,26). The van der Waals surface area contributed by atoms with Crippen LogP contribution < -0.4 is 14.8 Å². The Hall–Kier alpha value is -3.46. The van der Waals surface area contributed by atoms with Gasteiger partial charge in [0.1, 0.15) is 16.5 Å². The Labute approximate surface area is 171 Å². The number of ether oxygens (including phenoxy) is 2. The highest BCUT2D eigenvalue weighted by Gasteiger charge is 2.12. The Morgan fingerprint density at radius 2 is 1.86 bits per heavy atom. The Bertz CT molecular complexity index is 1170. The molecule has 0 fully saturated rings. The number of aromatic nitrogens is 4. The quantitative estimate of drug-likeness (QED) is 0.524. The molecule has 0 unspecified atom stereocenters. The van der Waals surface area contributed by atoms with E-state index in [1.807, 2.05) is 32.0 Å². The first-order chi connectivity index (χ1) is 14.0. The third-order valence-corrected chi connectivity index (χ3v) is 5.27. The molecule has 0 aliphatic rings. The molecule has 1 amide bonds. The first-order valence-electron chi connectivity index (χ1n) is 8.90. The zero-order chi connectivity index (χ0) is 20.4. The van der Waals surface area contributed by atoms with Crippen molar-refractivity contribution in [1.29, 1.82) is 0 Å². The molecule has 9 heteroatoms. The van der Waals surface area contributed by atoms with E-state index in [2.05, 4.69) is 20.6 Å². The van der Waals surface area contributed by atoms with Crippen molar-refractivity contribution in [3.05, 3.63) is 53.9 Å². The Morgan fingerprint density at radius 1 is 1.10 bits per heavy atom. The molecule has 29 heavy (non-hydrogen) atoms. The van der Waals surface area contributed by atoms with Gasteiger partial charge in [-0.1, -0.05) is 11.3 Å². The van der Waals surface area contributed by atoms with Gasteiger partial charge in [0.15, 0.2) is 12.4 Å². The van der Waals surface area contributed by atoms with Gasteiger partial charge in [0, 0.05) is 11.3 Å². The number of rotatable bonds is 6. The van der Waals surface area contributed by atoms with Crippen molar-refractivity contribution < 1.29 is 14.3 Å². The summed E-state index contributed by atoms with van der Waals surface area (Å²) in [6.07, 6.45) is 0. The number of amides is 1. The SMILES string of the molecule is COc1ccc(OCC(=O)Nc2ccc(-c3nn4c(C)nnc4s3)cc2C)cc1. The number of hydrogen-bond donors (Lipinski definition) is 1. The number of benzene rings is 2. The third kappa shape index (κ3) is 4.04. The molecule has 0 spiro atoms. The second kappa shape index (κ2) is 7.88. The summed E-state index contributed by atoms with van der Waals surface area (Å²) in [5.74, 6) is 1.86. The highest BCUT2D eigenvalue weighted by atomic mass is 32.1. The lowest BCUT2D eigenvalue weighted by molar-refractivity contribution is -0.118. The van der Waals surface area contributed by atoms with E-state index in [0.29, 0.717) is 5.75 Å². The van der Waals surface area contributed by atoms with Gasteiger partial charge in [0.2, 0.25) is 4.96 Å². The van der Waals surface area contributed by atoms with Gasteiger partial charge in [0.25, 0.3) is 5.91 Å². The largest absolute Gasteiger partial charge is 0.497 e. The summed E-state index contributed by atoms with van der Waals surface area (Å²) < 4.78 is 12.3. The van der Waals surface area contributed by atoms with Crippen LogP contribution in [-0.2, 0) is 4.79 Å². The molecular weight excluding hydrogens is 390 g/mol. The fourth-order valence-corrected chi connectivity index (χ4v) is 3.66. The zero-order valence-corrected chi connectivity index (χ0v) is 17.0. The number of carbonyl (C=O) groups excluding carboxylic acids is 1. The van der Waals surface area contributed by atoms with Crippen LogP contribution in [-0.4, -0.2) is 39.4 Å². The summed E-state index contributed by atoms with van der Waals surface area (Å²) in [5, 5.41) is 16.4. The Balaban J connectivity index is 1.41. The summed E-state index contributed by atoms with van der Waals surface area (Å²) in [7, 11) is 1.60. The fourth-order valence-electron chi connectivity index (χ4n) is 2.78. The normalized spacial score (nSPS) is 10.9. The van der Waals surface area contributed by atoms with Gasteiger partial charge < -0.3 is 14.8 Å². The van der Waals surface area contributed by atoms with E-state index in [4.69, 9.17) is 9.47 Å². The van der Waals surface area contributed by atoms with Crippen LogP contribution in [0.4, 0.5) is 5.69 Å². The van der Waals surface area contributed by atoms with Crippen LogP contribution in [0.1, 0.15) is 11.4 Å². The van der Waals surface area contributed by atoms with E-state index in [9.17, 15) is 4.79 Å². The minimum Gasteiger partial charge on any atom is -0.497 e. The lowest BCUT2D eigenvalue weighted by Crippen LogP contribution is -2.20. The third-order valence-electron chi connectivity index (χ3n) is 4.32. The zero-order valence-electron chi connectivity index (χ0n) is 16.2. The summed E-state index contributed by atoms with van der Waals surface area (Å²) >= 11 is 1.47. The molecule has 0 aliphatic carbocycles. The average Bonchev–Trinajstić information content (AvgIpc) is 3.30. The molecule has 0 aliphatic heterocycles. The van der Waals surface area contributed by atoms with E-state index < -0.39 is 0 Å². The number of carbonyl (C=O) groups is 1. The molecule has 2 aromatic carbocycles. The van der Waals surface area contributed by atoms with Crippen molar-refractivity contribution in [3.63, 3.8) is 0 Å². The van der Waals surface area contributed by atoms with Gasteiger partial charge in [-0.3, -0.25) is 4.79 Å². The fraction of sp³-hybridized carbons (Fsp3) is 0.200. The number of fused-ring (bicyclic) bond motifs is 1. The summed E-state index contributed by atoms with van der Waals surface area (Å²) in [4.78, 5) is 13.0. The highest BCUT2D eigenvalue weighted by Crippen LogP contribution is 2.28. The molecule has 0 bridgehead atoms. The monoisotopic (exact) mass is 409 g/mol. The van der Waals surface area contributed by atoms with E-state index >= 15 is 0 Å². The van der Waals surface area contributed by atoms with Crippen molar-refractivity contribution in [1.82, 2.24) is 19.8 Å². The number of anilines is 1. The molecule has 2 aromatic heterocycles. The number of hydrogen-bond acceptors (Lipinski definition) is 7. The topological polar surface area (TPSA) is 90.6 Å². The van der Waals surface area contributed by atoms with Crippen molar-refractivity contribution in [3.8, 4) is 22.1 Å². The van der Waals surface area contributed by atoms with Gasteiger partial charge in [-0.2, -0.15) is 9.61 Å². The molecule has 148 valence electrons. The van der Waals surface area contributed by atoms with Gasteiger partial charge in [-0.15, -0.1) is 10.2 Å². The summed E-state index contributed by atoms with van der Waals surface area (Å²) in [6, 6.07) is 12.9. The van der Waals surface area contributed by atoms with Crippen molar-refractivity contribution in [2.45, 2.75) is 13.8 Å². The van der Waals surface area contributed by atoms with E-state index in [0.717, 1.165) is 38.4 Å². The van der Waals surface area contributed by atoms with E-state index in [-0.39, 0.29) is 12.5 Å². The van der Waals surface area contributed by atoms with Crippen molar-refractivity contribution >= 4 is 27.9 Å². The van der Waals surface area contributed by atoms with E-state index in [1.54, 1.807) is 35.9 Å². The number of methoxy groups -OCH3 is 1. The van der Waals surface area contributed by atoms with Gasteiger partial charge in [-0.25, -0.2) is 0 Å². The van der Waals surface area contributed by atoms with Crippen LogP contribution in [0.25, 0.3) is 15.5 Å². The Morgan fingerprint density at radius 3 is 2.55 bits per heavy atom. The molecule has 8 nitrogen and oxygen atoms in total. The van der Waals surface area contributed by atoms with Crippen LogP contribution in [0.2, 0.25) is 0 Å². The average molecular weight is 409 g/mol. The van der Waals surface area contributed by atoms with Crippen LogP contribution in [0.5, 0.6) is 11.5 Å². The molecule has 0 radical (unpaired) electrons. The van der Waals surface area contributed by atoms with Gasteiger partial charge >= 0.3 is 0 Å². The maximum Gasteiger partial charge on any atom is 0.262 e. The predicted octanol–water partition coefficient (Wildman–Crippen LogP) is 3.50. The molecule has 0 saturated carbocycles. The van der Waals surface area contributed by atoms with Crippen LogP contribution >= 0.6 is 11.3 Å². The molecule has 1 N–H and O–H groups in total. The first kappa shape index (κ1) is 18.9.